The van der Waals surface area contributed by atoms with Crippen LogP contribution in [0.25, 0.3) is 10.2 Å². The normalized spacial score (nSPS) is 14.4. The molecule has 0 aliphatic carbocycles. The van der Waals surface area contributed by atoms with E-state index in [9.17, 15) is 4.79 Å². The number of benzene rings is 2. The molecule has 2 heterocycles. The molecule has 1 aromatic heterocycles. The third kappa shape index (κ3) is 5.56. The van der Waals surface area contributed by atoms with Gasteiger partial charge in [-0.25, -0.2) is 4.98 Å². The average Bonchev–Trinajstić information content (AvgIpc) is 3.25. The zero-order valence-electron chi connectivity index (χ0n) is 18.6. The molecule has 1 amide bonds. The molecule has 0 N–H and O–H groups in total. The molecule has 8 heteroatoms. The molecule has 1 aliphatic rings. The lowest BCUT2D eigenvalue weighted by atomic mass is 10.1. The number of aromatic nitrogens is 1. The van der Waals surface area contributed by atoms with Crippen LogP contribution < -0.4 is 14.4 Å². The van der Waals surface area contributed by atoms with Gasteiger partial charge in [0, 0.05) is 26.2 Å². The molecule has 1 saturated heterocycles. The number of fused-ring (bicyclic) bond motifs is 1. The molecule has 4 rings (SSSR count). The maximum atomic E-state index is 13.4. The Morgan fingerprint density at radius 3 is 2.53 bits per heavy atom. The molecule has 32 heavy (non-hydrogen) atoms. The van der Waals surface area contributed by atoms with Crippen LogP contribution in [0.5, 0.6) is 11.5 Å². The number of nitrogens with zero attached hydrogens (tertiary/aromatic N) is 3. The van der Waals surface area contributed by atoms with Gasteiger partial charge in [0.15, 0.2) is 5.13 Å². The molecule has 2 aromatic carbocycles. The number of amides is 1. The van der Waals surface area contributed by atoms with Crippen LogP contribution in [0.4, 0.5) is 5.13 Å². The van der Waals surface area contributed by atoms with Crippen molar-refractivity contribution in [1.29, 1.82) is 0 Å². The monoisotopic (exact) mass is 455 g/mol. The standard InChI is InChI=1S/C24H29N3O4S/c1-29-19-6-4-18(5-7-19)16-23(28)27(11-3-10-26-12-14-31-15-13-26)24-25-21-9-8-20(30-2)17-22(21)32-24/h4-9,17H,3,10-16H2,1-2H3. The van der Waals surface area contributed by atoms with Crippen molar-refractivity contribution in [2.45, 2.75) is 12.8 Å². The summed E-state index contributed by atoms with van der Waals surface area (Å²) < 4.78 is 17.0. The molecule has 0 atom stereocenters. The van der Waals surface area contributed by atoms with E-state index < -0.39 is 0 Å². The predicted molar refractivity (Wildman–Crippen MR) is 127 cm³/mol. The smallest absolute Gasteiger partial charge is 0.233 e. The van der Waals surface area contributed by atoms with Gasteiger partial charge < -0.3 is 14.2 Å². The Labute approximate surface area is 192 Å². The number of carbonyl (C=O) groups is 1. The van der Waals surface area contributed by atoms with E-state index in [-0.39, 0.29) is 5.91 Å². The van der Waals surface area contributed by atoms with Gasteiger partial charge in [-0.15, -0.1) is 0 Å². The number of morpholine rings is 1. The van der Waals surface area contributed by atoms with Gasteiger partial charge >= 0.3 is 0 Å². The molecule has 0 spiro atoms. The lowest BCUT2D eigenvalue weighted by Crippen LogP contribution is -2.39. The average molecular weight is 456 g/mol. The fraction of sp³-hybridized carbons (Fsp3) is 0.417. The molecule has 170 valence electrons. The summed E-state index contributed by atoms with van der Waals surface area (Å²) in [4.78, 5) is 22.3. The molecular weight excluding hydrogens is 426 g/mol. The number of methoxy groups -OCH3 is 2. The first-order valence-corrected chi connectivity index (χ1v) is 11.7. The molecule has 3 aromatic rings. The third-order valence-corrected chi connectivity index (χ3v) is 6.63. The lowest BCUT2D eigenvalue weighted by molar-refractivity contribution is -0.118. The van der Waals surface area contributed by atoms with E-state index in [0.717, 1.165) is 71.7 Å². The Bertz CT molecular complexity index is 1030. The van der Waals surface area contributed by atoms with Crippen molar-refractivity contribution < 1.29 is 19.0 Å². The molecule has 1 fully saturated rings. The first-order chi connectivity index (χ1) is 15.7. The van der Waals surface area contributed by atoms with Crippen molar-refractivity contribution in [3.05, 3.63) is 48.0 Å². The number of thiazole rings is 1. The number of carbonyl (C=O) groups excluding carboxylic acids is 1. The van der Waals surface area contributed by atoms with Gasteiger partial charge in [0.2, 0.25) is 5.91 Å². The first-order valence-electron chi connectivity index (χ1n) is 10.8. The number of rotatable bonds is 9. The zero-order chi connectivity index (χ0) is 22.3. The van der Waals surface area contributed by atoms with Gasteiger partial charge in [-0.2, -0.15) is 0 Å². The number of hydrogen-bond donors (Lipinski definition) is 0. The van der Waals surface area contributed by atoms with Gasteiger partial charge in [0.25, 0.3) is 0 Å². The highest BCUT2D eigenvalue weighted by Crippen LogP contribution is 2.32. The summed E-state index contributed by atoms with van der Waals surface area (Å²) in [6.07, 6.45) is 1.20. The second kappa shape index (κ2) is 10.8. The van der Waals surface area contributed by atoms with Gasteiger partial charge in [-0.05, 0) is 42.3 Å². The fourth-order valence-electron chi connectivity index (χ4n) is 3.75. The van der Waals surface area contributed by atoms with Crippen LogP contribution in [0.15, 0.2) is 42.5 Å². The van der Waals surface area contributed by atoms with Gasteiger partial charge in [0.05, 0.1) is 44.1 Å². The van der Waals surface area contributed by atoms with Crippen LogP contribution in [0, 0.1) is 0 Å². The van der Waals surface area contributed by atoms with Crippen LogP contribution in [-0.2, 0) is 16.0 Å². The largest absolute Gasteiger partial charge is 0.497 e. The van der Waals surface area contributed by atoms with Crippen molar-refractivity contribution in [3.8, 4) is 11.5 Å². The summed E-state index contributed by atoms with van der Waals surface area (Å²) in [6.45, 7) is 5.01. The summed E-state index contributed by atoms with van der Waals surface area (Å²) in [7, 11) is 3.29. The number of ether oxygens (including phenoxy) is 3. The summed E-state index contributed by atoms with van der Waals surface area (Å²) in [5.74, 6) is 1.61. The third-order valence-electron chi connectivity index (χ3n) is 5.59. The Morgan fingerprint density at radius 1 is 1.09 bits per heavy atom. The lowest BCUT2D eigenvalue weighted by Gasteiger charge is -2.27. The molecular formula is C24H29N3O4S. The van der Waals surface area contributed by atoms with E-state index in [1.165, 1.54) is 11.3 Å². The SMILES string of the molecule is COc1ccc(CC(=O)N(CCCN2CCOCC2)c2nc3ccc(OC)cc3s2)cc1. The van der Waals surface area contributed by atoms with Crippen molar-refractivity contribution in [1.82, 2.24) is 9.88 Å². The van der Waals surface area contributed by atoms with Crippen LogP contribution >= 0.6 is 11.3 Å². The maximum Gasteiger partial charge on any atom is 0.233 e. The summed E-state index contributed by atoms with van der Waals surface area (Å²) in [5, 5.41) is 0.730. The van der Waals surface area contributed by atoms with Gasteiger partial charge in [-0.1, -0.05) is 23.5 Å². The molecule has 0 bridgehead atoms. The topological polar surface area (TPSA) is 64.1 Å². The van der Waals surface area contributed by atoms with Crippen molar-refractivity contribution >= 4 is 32.6 Å². The van der Waals surface area contributed by atoms with E-state index in [2.05, 4.69) is 4.90 Å². The zero-order valence-corrected chi connectivity index (χ0v) is 19.4. The second-order valence-electron chi connectivity index (χ2n) is 7.71. The minimum atomic E-state index is 0.0446. The Morgan fingerprint density at radius 2 is 1.81 bits per heavy atom. The molecule has 1 aliphatic heterocycles. The van der Waals surface area contributed by atoms with Crippen molar-refractivity contribution in [3.63, 3.8) is 0 Å². The van der Waals surface area contributed by atoms with Gasteiger partial charge in [-0.3, -0.25) is 14.6 Å². The van der Waals surface area contributed by atoms with E-state index in [4.69, 9.17) is 19.2 Å². The van der Waals surface area contributed by atoms with Crippen molar-refractivity contribution in [2.24, 2.45) is 0 Å². The van der Waals surface area contributed by atoms with Crippen LogP contribution in [0.2, 0.25) is 0 Å². The first kappa shape index (κ1) is 22.5. The second-order valence-corrected chi connectivity index (χ2v) is 8.72. The highest BCUT2D eigenvalue weighted by molar-refractivity contribution is 7.22. The summed E-state index contributed by atoms with van der Waals surface area (Å²) in [6, 6.07) is 13.4. The van der Waals surface area contributed by atoms with E-state index in [1.54, 1.807) is 14.2 Å². The Balaban J connectivity index is 1.51. The quantitative estimate of drug-likeness (QED) is 0.491. The molecule has 7 nitrogen and oxygen atoms in total. The minimum Gasteiger partial charge on any atom is -0.497 e. The maximum absolute atomic E-state index is 13.4. The fourth-order valence-corrected chi connectivity index (χ4v) is 4.79. The van der Waals surface area contributed by atoms with Crippen molar-refractivity contribution in [2.75, 3.05) is 58.5 Å². The van der Waals surface area contributed by atoms with Gasteiger partial charge in [0.1, 0.15) is 11.5 Å². The summed E-state index contributed by atoms with van der Waals surface area (Å²) >= 11 is 1.53. The van der Waals surface area contributed by atoms with E-state index >= 15 is 0 Å². The molecule has 0 radical (unpaired) electrons. The summed E-state index contributed by atoms with van der Waals surface area (Å²) in [5.41, 5.74) is 1.83. The number of anilines is 1. The van der Waals surface area contributed by atoms with Crippen LogP contribution in [-0.4, -0.2) is 69.4 Å². The molecule has 0 unspecified atom stereocenters. The Hall–Kier alpha value is -2.68. The highest BCUT2D eigenvalue weighted by Gasteiger charge is 2.21. The molecule has 0 saturated carbocycles. The highest BCUT2D eigenvalue weighted by atomic mass is 32.1. The predicted octanol–water partition coefficient (Wildman–Crippen LogP) is 3.61. The van der Waals surface area contributed by atoms with Crippen LogP contribution in [0.1, 0.15) is 12.0 Å². The van der Waals surface area contributed by atoms with Crippen LogP contribution in [0.3, 0.4) is 0 Å². The van der Waals surface area contributed by atoms with E-state index in [0.29, 0.717) is 13.0 Å². The number of hydrogen-bond acceptors (Lipinski definition) is 7. The minimum absolute atomic E-state index is 0.0446. The van der Waals surface area contributed by atoms with E-state index in [1.807, 2.05) is 47.4 Å². The Kier molecular flexibility index (Phi) is 7.57.